The highest BCUT2D eigenvalue weighted by atomic mass is 35.5. The number of nitrogens with zero attached hydrogens (tertiary/aromatic N) is 3. The second-order valence-electron chi connectivity index (χ2n) is 3.34. The highest BCUT2D eigenvalue weighted by Gasteiger charge is 2.14. The molecule has 0 aliphatic heterocycles. The van der Waals surface area contributed by atoms with Crippen molar-refractivity contribution in [3.63, 3.8) is 0 Å². The molecule has 2 rings (SSSR count). The van der Waals surface area contributed by atoms with E-state index < -0.39 is 5.97 Å². The van der Waals surface area contributed by atoms with E-state index in [4.69, 9.17) is 28.3 Å². The van der Waals surface area contributed by atoms with E-state index >= 15 is 0 Å². The van der Waals surface area contributed by atoms with E-state index in [9.17, 15) is 4.79 Å². The van der Waals surface area contributed by atoms with Gasteiger partial charge < -0.3 is 5.11 Å². The van der Waals surface area contributed by atoms with Crippen molar-refractivity contribution in [2.45, 2.75) is 6.92 Å². The lowest BCUT2D eigenvalue weighted by Gasteiger charge is -2.02. The van der Waals surface area contributed by atoms with Crippen LogP contribution in [0.5, 0.6) is 0 Å². The van der Waals surface area contributed by atoms with E-state index in [1.165, 1.54) is 23.1 Å². The first-order chi connectivity index (χ1) is 7.99. The van der Waals surface area contributed by atoms with Crippen LogP contribution in [-0.2, 0) is 0 Å². The minimum Gasteiger partial charge on any atom is -0.478 e. The van der Waals surface area contributed by atoms with Crippen molar-refractivity contribution in [1.82, 2.24) is 14.8 Å². The minimum absolute atomic E-state index is 0.109. The highest BCUT2D eigenvalue weighted by Crippen LogP contribution is 2.22. The van der Waals surface area contributed by atoms with Crippen molar-refractivity contribution in [1.29, 1.82) is 0 Å². The van der Waals surface area contributed by atoms with Gasteiger partial charge in [-0.2, -0.15) is 5.10 Å². The first-order valence-corrected chi connectivity index (χ1v) is 5.35. The Morgan fingerprint density at radius 3 is 2.71 bits per heavy atom. The molecular weight excluding hydrogens is 265 g/mol. The first-order valence-electron chi connectivity index (χ1n) is 4.60. The van der Waals surface area contributed by atoms with E-state index in [0.29, 0.717) is 21.6 Å². The molecule has 0 aromatic carbocycles. The summed E-state index contributed by atoms with van der Waals surface area (Å²) in [6.45, 7) is 1.60. The van der Waals surface area contributed by atoms with Crippen LogP contribution in [0.3, 0.4) is 0 Å². The van der Waals surface area contributed by atoms with Gasteiger partial charge in [-0.3, -0.25) is 0 Å². The van der Waals surface area contributed by atoms with E-state index in [2.05, 4.69) is 10.1 Å². The second-order valence-corrected chi connectivity index (χ2v) is 4.18. The molecule has 0 saturated heterocycles. The number of aromatic carboxylic acids is 1. The lowest BCUT2D eigenvalue weighted by molar-refractivity contribution is 0.0696. The summed E-state index contributed by atoms with van der Waals surface area (Å²) in [6, 6.07) is 1.52. The van der Waals surface area contributed by atoms with Crippen molar-refractivity contribution in [3.05, 3.63) is 39.8 Å². The monoisotopic (exact) mass is 271 g/mol. The van der Waals surface area contributed by atoms with Crippen LogP contribution in [0.15, 0.2) is 18.5 Å². The van der Waals surface area contributed by atoms with E-state index in [0.717, 1.165) is 0 Å². The molecule has 0 unspecified atom stereocenters. The van der Waals surface area contributed by atoms with Crippen LogP contribution in [0.4, 0.5) is 0 Å². The van der Waals surface area contributed by atoms with Gasteiger partial charge in [-0.05, 0) is 13.0 Å². The normalized spacial score (nSPS) is 10.5. The van der Waals surface area contributed by atoms with Crippen LogP contribution in [-0.4, -0.2) is 25.8 Å². The van der Waals surface area contributed by atoms with Gasteiger partial charge in [0.2, 0.25) is 0 Å². The SMILES string of the molecule is Cc1nn(-c2ncc(Cl)cc2Cl)cc1C(=O)O. The summed E-state index contributed by atoms with van der Waals surface area (Å²) in [7, 11) is 0. The average molecular weight is 272 g/mol. The fourth-order valence-corrected chi connectivity index (χ4v) is 1.82. The first kappa shape index (κ1) is 11.9. The molecule has 2 aromatic heterocycles. The molecule has 0 spiro atoms. The molecule has 88 valence electrons. The maximum atomic E-state index is 10.9. The van der Waals surface area contributed by atoms with E-state index in [-0.39, 0.29) is 5.56 Å². The molecule has 2 aromatic rings. The molecule has 0 radical (unpaired) electrons. The van der Waals surface area contributed by atoms with Gasteiger partial charge in [-0.15, -0.1) is 0 Å². The third-order valence-corrected chi connectivity index (χ3v) is 2.62. The zero-order chi connectivity index (χ0) is 12.6. The fraction of sp³-hybridized carbons (Fsp3) is 0.100. The van der Waals surface area contributed by atoms with Gasteiger partial charge >= 0.3 is 5.97 Å². The molecule has 0 atom stereocenters. The van der Waals surface area contributed by atoms with Gasteiger partial charge in [0.15, 0.2) is 5.82 Å². The second kappa shape index (κ2) is 4.35. The van der Waals surface area contributed by atoms with Crippen LogP contribution < -0.4 is 0 Å². The van der Waals surface area contributed by atoms with Crippen molar-refractivity contribution in [3.8, 4) is 5.82 Å². The summed E-state index contributed by atoms with van der Waals surface area (Å²) >= 11 is 11.7. The third-order valence-electron chi connectivity index (χ3n) is 2.13. The van der Waals surface area contributed by atoms with Crippen molar-refractivity contribution in [2.75, 3.05) is 0 Å². The predicted octanol–water partition coefficient (Wildman–Crippen LogP) is 2.58. The zero-order valence-electron chi connectivity index (χ0n) is 8.69. The molecule has 0 bridgehead atoms. The predicted molar refractivity (Wildman–Crippen MR) is 63.1 cm³/mol. The maximum Gasteiger partial charge on any atom is 0.339 e. The van der Waals surface area contributed by atoms with Gasteiger partial charge in [-0.25, -0.2) is 14.5 Å². The van der Waals surface area contributed by atoms with Gasteiger partial charge in [0.25, 0.3) is 0 Å². The number of carbonyl (C=O) groups is 1. The molecule has 0 saturated carbocycles. The number of aryl methyl sites for hydroxylation is 1. The maximum absolute atomic E-state index is 10.9. The lowest BCUT2D eigenvalue weighted by Crippen LogP contribution is -1.99. The number of pyridine rings is 1. The number of hydrogen-bond acceptors (Lipinski definition) is 3. The van der Waals surface area contributed by atoms with Crippen LogP contribution in [0.2, 0.25) is 10.0 Å². The molecule has 2 heterocycles. The Morgan fingerprint density at radius 2 is 2.18 bits per heavy atom. The largest absolute Gasteiger partial charge is 0.478 e. The summed E-state index contributed by atoms with van der Waals surface area (Å²) in [6.07, 6.45) is 2.78. The number of aromatic nitrogens is 3. The van der Waals surface area contributed by atoms with Crippen LogP contribution in [0, 0.1) is 6.92 Å². The van der Waals surface area contributed by atoms with Crippen LogP contribution >= 0.6 is 23.2 Å². The summed E-state index contributed by atoms with van der Waals surface area (Å²) in [5.41, 5.74) is 0.503. The standard InChI is InChI=1S/C10H7Cl2N3O2/c1-5-7(10(16)17)4-15(14-5)9-8(12)2-6(11)3-13-9/h2-4H,1H3,(H,16,17). The van der Waals surface area contributed by atoms with E-state index in [1.54, 1.807) is 6.92 Å². The Bertz CT molecular complexity index is 595. The van der Waals surface area contributed by atoms with Crippen molar-refractivity contribution in [2.24, 2.45) is 0 Å². The Labute approximate surface area is 107 Å². The fourth-order valence-electron chi connectivity index (χ4n) is 1.35. The third kappa shape index (κ3) is 2.25. The number of halogens is 2. The highest BCUT2D eigenvalue weighted by molar-refractivity contribution is 6.35. The summed E-state index contributed by atoms with van der Waals surface area (Å²) < 4.78 is 1.32. The summed E-state index contributed by atoms with van der Waals surface area (Å²) in [5, 5.41) is 13.7. The molecule has 0 fully saturated rings. The molecule has 1 N–H and O–H groups in total. The van der Waals surface area contributed by atoms with Gasteiger partial charge in [0.05, 0.1) is 15.7 Å². The minimum atomic E-state index is -1.04. The molecule has 0 aliphatic carbocycles. The molecule has 0 amide bonds. The Morgan fingerprint density at radius 1 is 1.47 bits per heavy atom. The van der Waals surface area contributed by atoms with Gasteiger partial charge in [-0.1, -0.05) is 23.2 Å². The number of carboxylic acids is 1. The smallest absolute Gasteiger partial charge is 0.339 e. The number of carboxylic acid groups (broad SMARTS) is 1. The number of hydrogen-bond donors (Lipinski definition) is 1. The molecule has 7 heteroatoms. The topological polar surface area (TPSA) is 68.0 Å². The zero-order valence-corrected chi connectivity index (χ0v) is 10.2. The molecule has 0 aliphatic rings. The Hall–Kier alpha value is -1.59. The molecular formula is C10H7Cl2N3O2. The summed E-state index contributed by atoms with van der Waals surface area (Å²) in [4.78, 5) is 14.9. The quantitative estimate of drug-likeness (QED) is 0.912. The van der Waals surface area contributed by atoms with Crippen LogP contribution in [0.1, 0.15) is 16.1 Å². The lowest BCUT2D eigenvalue weighted by atomic mass is 10.3. The van der Waals surface area contributed by atoms with Gasteiger partial charge in [0, 0.05) is 12.4 Å². The Kier molecular flexibility index (Phi) is 3.04. The summed E-state index contributed by atoms with van der Waals surface area (Å²) in [5.74, 6) is -0.703. The Balaban J connectivity index is 2.53. The van der Waals surface area contributed by atoms with Gasteiger partial charge in [0.1, 0.15) is 5.56 Å². The van der Waals surface area contributed by atoms with Crippen molar-refractivity contribution >= 4 is 29.2 Å². The van der Waals surface area contributed by atoms with Crippen LogP contribution in [0.25, 0.3) is 5.82 Å². The molecule has 5 nitrogen and oxygen atoms in total. The number of rotatable bonds is 2. The average Bonchev–Trinajstić information content (AvgIpc) is 2.60. The van der Waals surface area contributed by atoms with E-state index in [1.807, 2.05) is 0 Å². The van der Waals surface area contributed by atoms with Crippen molar-refractivity contribution < 1.29 is 9.90 Å². The molecule has 17 heavy (non-hydrogen) atoms.